The fourth-order valence-corrected chi connectivity index (χ4v) is 3.46. The van der Waals surface area contributed by atoms with Crippen LogP contribution in [-0.4, -0.2) is 67.1 Å². The summed E-state index contributed by atoms with van der Waals surface area (Å²) in [6.07, 6.45) is 7.12. The number of nitrogens with one attached hydrogen (secondary N) is 2. The van der Waals surface area contributed by atoms with E-state index in [9.17, 15) is 9.59 Å². The third-order valence-electron chi connectivity index (χ3n) is 5.01. The van der Waals surface area contributed by atoms with Gasteiger partial charge in [-0.2, -0.15) is 0 Å². The van der Waals surface area contributed by atoms with E-state index in [0.717, 1.165) is 58.5 Å². The highest BCUT2D eigenvalue weighted by Gasteiger charge is 2.18. The Morgan fingerprint density at radius 1 is 1.15 bits per heavy atom. The molecule has 0 unspecified atom stereocenters. The summed E-state index contributed by atoms with van der Waals surface area (Å²) in [6.45, 7) is 4.67. The van der Waals surface area contributed by atoms with Gasteiger partial charge in [0.15, 0.2) is 0 Å². The second-order valence-electron chi connectivity index (χ2n) is 6.95. The lowest BCUT2D eigenvalue weighted by atomic mass is 9.95. The topological polar surface area (TPSA) is 83.6 Å². The Labute approximate surface area is 154 Å². The highest BCUT2D eigenvalue weighted by Crippen LogP contribution is 2.17. The Bertz CT molecular complexity index is 611. The minimum atomic E-state index is -0.195. The van der Waals surface area contributed by atoms with Crippen molar-refractivity contribution in [2.45, 2.75) is 38.1 Å². The first-order valence-electron chi connectivity index (χ1n) is 9.57. The van der Waals surface area contributed by atoms with Crippen LogP contribution in [0.3, 0.4) is 0 Å². The minimum absolute atomic E-state index is 0.174. The Morgan fingerprint density at radius 2 is 1.92 bits per heavy atom. The first kappa shape index (κ1) is 18.8. The number of hydrogen-bond donors (Lipinski definition) is 2. The Kier molecular flexibility index (Phi) is 6.96. The van der Waals surface area contributed by atoms with Gasteiger partial charge in [0.05, 0.1) is 13.2 Å². The number of pyridine rings is 1. The van der Waals surface area contributed by atoms with Gasteiger partial charge in [-0.25, -0.2) is 0 Å². The SMILES string of the molecule is O=C(NCCN1CCOCC1)c1ccnc(C(=O)NC2CCCCC2)c1. The van der Waals surface area contributed by atoms with Gasteiger partial charge >= 0.3 is 0 Å². The molecule has 26 heavy (non-hydrogen) atoms. The summed E-state index contributed by atoms with van der Waals surface area (Å²) in [5.74, 6) is -0.368. The van der Waals surface area contributed by atoms with Gasteiger partial charge < -0.3 is 15.4 Å². The predicted octanol–water partition coefficient (Wildman–Crippen LogP) is 1.21. The van der Waals surface area contributed by atoms with Crippen LogP contribution in [0, 0.1) is 0 Å². The van der Waals surface area contributed by atoms with E-state index in [4.69, 9.17) is 4.74 Å². The molecule has 3 rings (SSSR count). The van der Waals surface area contributed by atoms with Gasteiger partial charge in [-0.1, -0.05) is 19.3 Å². The molecule has 142 valence electrons. The molecule has 1 saturated heterocycles. The van der Waals surface area contributed by atoms with Gasteiger partial charge in [0, 0.05) is 44.0 Å². The highest BCUT2D eigenvalue weighted by atomic mass is 16.5. The second-order valence-corrected chi connectivity index (χ2v) is 6.95. The number of amides is 2. The van der Waals surface area contributed by atoms with E-state index in [2.05, 4.69) is 20.5 Å². The number of carbonyl (C=O) groups is 2. The molecule has 1 aliphatic carbocycles. The summed E-state index contributed by atoms with van der Waals surface area (Å²) < 4.78 is 5.31. The molecule has 2 N–H and O–H groups in total. The highest BCUT2D eigenvalue weighted by molar-refractivity contribution is 5.98. The lowest BCUT2D eigenvalue weighted by Crippen LogP contribution is -2.41. The lowest BCUT2D eigenvalue weighted by molar-refractivity contribution is 0.0383. The third kappa shape index (κ3) is 5.51. The molecule has 1 saturated carbocycles. The molecule has 0 atom stereocenters. The van der Waals surface area contributed by atoms with E-state index >= 15 is 0 Å². The van der Waals surface area contributed by atoms with Gasteiger partial charge in [0.25, 0.3) is 11.8 Å². The number of rotatable bonds is 6. The van der Waals surface area contributed by atoms with E-state index in [0.29, 0.717) is 17.8 Å². The Morgan fingerprint density at radius 3 is 2.69 bits per heavy atom. The summed E-state index contributed by atoms with van der Waals surface area (Å²) in [6, 6.07) is 3.44. The summed E-state index contributed by atoms with van der Waals surface area (Å²) in [5, 5.41) is 5.95. The van der Waals surface area contributed by atoms with Gasteiger partial charge in [0.2, 0.25) is 0 Å². The molecule has 2 fully saturated rings. The molecule has 2 amide bonds. The molecular weight excluding hydrogens is 332 g/mol. The minimum Gasteiger partial charge on any atom is -0.379 e. The van der Waals surface area contributed by atoms with Crippen LogP contribution in [0.25, 0.3) is 0 Å². The van der Waals surface area contributed by atoms with Crippen molar-refractivity contribution in [2.24, 2.45) is 0 Å². The first-order valence-corrected chi connectivity index (χ1v) is 9.57. The van der Waals surface area contributed by atoms with Gasteiger partial charge in [-0.15, -0.1) is 0 Å². The molecule has 1 aromatic heterocycles. The molecule has 7 heteroatoms. The predicted molar refractivity (Wildman–Crippen MR) is 98.2 cm³/mol. The van der Waals surface area contributed by atoms with Gasteiger partial charge in [-0.05, 0) is 25.0 Å². The molecule has 0 bridgehead atoms. The number of morpholine rings is 1. The van der Waals surface area contributed by atoms with Crippen molar-refractivity contribution in [3.63, 3.8) is 0 Å². The molecule has 2 heterocycles. The second kappa shape index (κ2) is 9.64. The zero-order chi connectivity index (χ0) is 18.2. The summed E-state index contributed by atoms with van der Waals surface area (Å²) in [4.78, 5) is 31.1. The van der Waals surface area contributed by atoms with Crippen molar-refractivity contribution in [2.75, 3.05) is 39.4 Å². The maximum atomic E-state index is 12.4. The number of nitrogens with zero attached hydrogens (tertiary/aromatic N) is 2. The number of ether oxygens (including phenoxy) is 1. The standard InChI is InChI=1S/C19H28N4O3/c24-18(21-8-9-23-10-12-26-13-11-23)15-6-7-20-17(14-15)19(25)22-16-4-2-1-3-5-16/h6-7,14,16H,1-5,8-13H2,(H,21,24)(H,22,25). The average molecular weight is 360 g/mol. The lowest BCUT2D eigenvalue weighted by Gasteiger charge is -2.26. The molecule has 0 radical (unpaired) electrons. The first-order chi connectivity index (χ1) is 12.7. The number of hydrogen-bond acceptors (Lipinski definition) is 5. The van der Waals surface area contributed by atoms with Crippen LogP contribution in [0.2, 0.25) is 0 Å². The van der Waals surface area contributed by atoms with Crippen molar-refractivity contribution >= 4 is 11.8 Å². The Hall–Kier alpha value is -1.99. The van der Waals surface area contributed by atoms with E-state index in [1.165, 1.54) is 12.6 Å². The maximum absolute atomic E-state index is 12.4. The summed E-state index contributed by atoms with van der Waals surface area (Å²) >= 11 is 0. The average Bonchev–Trinajstić information content (AvgIpc) is 2.69. The van der Waals surface area contributed by atoms with Crippen LogP contribution in [-0.2, 0) is 4.74 Å². The van der Waals surface area contributed by atoms with E-state index < -0.39 is 0 Å². The van der Waals surface area contributed by atoms with Crippen LogP contribution in [0.15, 0.2) is 18.3 Å². The van der Waals surface area contributed by atoms with Crippen LogP contribution in [0.5, 0.6) is 0 Å². The van der Waals surface area contributed by atoms with Crippen LogP contribution >= 0.6 is 0 Å². The number of aromatic nitrogens is 1. The third-order valence-corrected chi connectivity index (χ3v) is 5.01. The van der Waals surface area contributed by atoms with Crippen LogP contribution in [0.1, 0.15) is 53.0 Å². The molecule has 7 nitrogen and oxygen atoms in total. The molecule has 0 spiro atoms. The molecule has 2 aliphatic rings. The number of carbonyl (C=O) groups excluding carboxylic acids is 2. The zero-order valence-electron chi connectivity index (χ0n) is 15.2. The van der Waals surface area contributed by atoms with E-state index in [1.54, 1.807) is 12.1 Å². The van der Waals surface area contributed by atoms with Crippen LogP contribution in [0.4, 0.5) is 0 Å². The molecule has 1 aromatic rings. The van der Waals surface area contributed by atoms with Crippen molar-refractivity contribution in [3.8, 4) is 0 Å². The fourth-order valence-electron chi connectivity index (χ4n) is 3.46. The van der Waals surface area contributed by atoms with E-state index in [-0.39, 0.29) is 17.9 Å². The smallest absolute Gasteiger partial charge is 0.270 e. The molecule has 1 aliphatic heterocycles. The maximum Gasteiger partial charge on any atom is 0.270 e. The van der Waals surface area contributed by atoms with Gasteiger partial charge in [-0.3, -0.25) is 19.5 Å². The normalized spacial score (nSPS) is 19.1. The van der Waals surface area contributed by atoms with Gasteiger partial charge in [0.1, 0.15) is 5.69 Å². The monoisotopic (exact) mass is 360 g/mol. The Balaban J connectivity index is 1.48. The molecular formula is C19H28N4O3. The quantitative estimate of drug-likeness (QED) is 0.797. The fraction of sp³-hybridized carbons (Fsp3) is 0.632. The van der Waals surface area contributed by atoms with E-state index in [1.807, 2.05) is 0 Å². The molecule has 0 aromatic carbocycles. The van der Waals surface area contributed by atoms with Crippen molar-refractivity contribution in [1.29, 1.82) is 0 Å². The zero-order valence-corrected chi connectivity index (χ0v) is 15.2. The van der Waals surface area contributed by atoms with Crippen molar-refractivity contribution < 1.29 is 14.3 Å². The van der Waals surface area contributed by atoms with Crippen molar-refractivity contribution in [1.82, 2.24) is 20.5 Å². The largest absolute Gasteiger partial charge is 0.379 e. The van der Waals surface area contributed by atoms with Crippen molar-refractivity contribution in [3.05, 3.63) is 29.6 Å². The van der Waals surface area contributed by atoms with Crippen LogP contribution < -0.4 is 10.6 Å². The summed E-state index contributed by atoms with van der Waals surface area (Å²) in [5.41, 5.74) is 0.771. The summed E-state index contributed by atoms with van der Waals surface area (Å²) in [7, 11) is 0.